The van der Waals surface area contributed by atoms with Crippen LogP contribution in [0.2, 0.25) is 5.02 Å². The van der Waals surface area contributed by atoms with Gasteiger partial charge in [0.15, 0.2) is 5.17 Å². The molecule has 3 aromatic carbocycles. The van der Waals surface area contributed by atoms with E-state index in [0.29, 0.717) is 37.2 Å². The van der Waals surface area contributed by atoms with Crippen LogP contribution in [0.1, 0.15) is 12.8 Å². The van der Waals surface area contributed by atoms with Crippen LogP contribution in [0.15, 0.2) is 85.7 Å². The first-order valence-corrected chi connectivity index (χ1v) is 13.7. The topological polar surface area (TPSA) is 84.6 Å². The average molecular weight is 523 g/mol. The summed E-state index contributed by atoms with van der Waals surface area (Å²) in [5.41, 5.74) is 1.18. The third-order valence-corrected chi connectivity index (χ3v) is 9.07. The zero-order chi connectivity index (χ0) is 24.2. The molecule has 0 atom stereocenters. The summed E-state index contributed by atoms with van der Waals surface area (Å²) in [6, 6.07) is 19.3. The number of rotatable bonds is 2. The second kappa shape index (κ2) is 8.51. The molecule has 0 spiro atoms. The number of benzene rings is 3. The summed E-state index contributed by atoms with van der Waals surface area (Å²) in [6.45, 7) is 1.57. The Bertz CT molecular complexity index is 1680. The van der Waals surface area contributed by atoms with Gasteiger partial charge in [-0.2, -0.15) is 8.42 Å². The monoisotopic (exact) mass is 522 g/mol. The number of para-hydroxylation sites is 2. The van der Waals surface area contributed by atoms with Gasteiger partial charge in [0, 0.05) is 23.5 Å². The van der Waals surface area contributed by atoms with E-state index in [9.17, 15) is 13.2 Å². The Morgan fingerprint density at radius 2 is 1.66 bits per heavy atom. The molecule has 1 saturated heterocycles. The predicted molar refractivity (Wildman–Crippen MR) is 139 cm³/mol. The summed E-state index contributed by atoms with van der Waals surface area (Å²) in [5, 5.41) is 1.24. The molecule has 1 aromatic heterocycles. The first-order chi connectivity index (χ1) is 16.9. The van der Waals surface area contributed by atoms with E-state index in [1.807, 2.05) is 23.1 Å². The molecular weight excluding hydrogens is 504 g/mol. The number of thioether (sulfide) groups is 1. The lowest BCUT2D eigenvalue weighted by Gasteiger charge is -2.24. The van der Waals surface area contributed by atoms with Crippen molar-refractivity contribution in [3.8, 4) is 17.1 Å². The average Bonchev–Trinajstić information content (AvgIpc) is 3.39. The van der Waals surface area contributed by atoms with Crippen molar-refractivity contribution in [3.05, 3.63) is 82.1 Å². The zero-order valence-electron chi connectivity index (χ0n) is 18.4. The molecule has 0 radical (unpaired) electrons. The van der Waals surface area contributed by atoms with Crippen LogP contribution >= 0.6 is 23.4 Å². The van der Waals surface area contributed by atoms with Gasteiger partial charge in [-0.05, 0) is 61.0 Å². The minimum atomic E-state index is -3.95. The van der Waals surface area contributed by atoms with Crippen molar-refractivity contribution in [1.82, 2.24) is 14.5 Å². The Balaban J connectivity index is 1.59. The predicted octanol–water partition coefficient (Wildman–Crippen LogP) is 4.95. The molecule has 6 rings (SSSR count). The van der Waals surface area contributed by atoms with Crippen molar-refractivity contribution in [2.75, 3.05) is 13.1 Å². The largest absolute Gasteiger partial charge is 0.350 e. The Morgan fingerprint density at radius 1 is 0.943 bits per heavy atom. The lowest BCUT2D eigenvalue weighted by molar-refractivity contribution is 0.528. The van der Waals surface area contributed by atoms with E-state index >= 15 is 0 Å². The van der Waals surface area contributed by atoms with Gasteiger partial charge in [0.2, 0.25) is 0 Å². The normalized spacial score (nSPS) is 16.8. The Morgan fingerprint density at radius 3 is 2.43 bits per heavy atom. The number of hydrogen-bond acceptors (Lipinski definition) is 6. The molecule has 10 heteroatoms. The highest BCUT2D eigenvalue weighted by Crippen LogP contribution is 2.41. The van der Waals surface area contributed by atoms with Crippen LogP contribution in [0.3, 0.4) is 0 Å². The van der Waals surface area contributed by atoms with Gasteiger partial charge in [0.1, 0.15) is 10.7 Å². The van der Waals surface area contributed by atoms with Crippen molar-refractivity contribution in [1.29, 1.82) is 0 Å². The molecule has 3 heterocycles. The molecule has 2 aliphatic rings. The standard InChI is InChI=1S/C25H19ClN4O3S2/c26-19-15-21-22(35(32,33)28-25(34-21)29-12-6-7-13-29)14-18(19)23-27-20-11-5-4-10-17(20)24(31)30(23)16-8-2-1-3-9-16/h1-5,8-11,14-15H,6-7,12-13H2. The number of amidine groups is 1. The number of fused-ring (bicyclic) bond motifs is 2. The SMILES string of the molecule is O=c1c2ccccc2nc(-c2cc3c(cc2Cl)SC(N2CCCC2)=NS3(=O)=O)n1-c1ccccc1. The number of likely N-dealkylation sites (tertiary alicyclic amines) is 1. The van der Waals surface area contributed by atoms with Crippen LogP contribution in [0, 0.1) is 0 Å². The Labute approximate surface area is 211 Å². The van der Waals surface area contributed by atoms with Crippen molar-refractivity contribution in [2.24, 2.45) is 4.40 Å². The summed E-state index contributed by atoms with van der Waals surface area (Å²) < 4.78 is 32.0. The molecule has 176 valence electrons. The minimum Gasteiger partial charge on any atom is -0.350 e. The number of hydrogen-bond donors (Lipinski definition) is 0. The van der Waals surface area contributed by atoms with Gasteiger partial charge >= 0.3 is 0 Å². The third-order valence-electron chi connectivity index (χ3n) is 6.12. The highest BCUT2D eigenvalue weighted by atomic mass is 35.5. The number of sulfonamides is 1. The smallest absolute Gasteiger partial charge is 0.285 e. The Kier molecular flexibility index (Phi) is 5.43. The summed E-state index contributed by atoms with van der Waals surface area (Å²) in [5.74, 6) is 0.266. The van der Waals surface area contributed by atoms with Crippen molar-refractivity contribution < 1.29 is 8.42 Å². The molecule has 1 fully saturated rings. The van der Waals surface area contributed by atoms with Crippen LogP contribution in [0.4, 0.5) is 0 Å². The van der Waals surface area contributed by atoms with Gasteiger partial charge in [-0.15, -0.1) is 4.40 Å². The van der Waals surface area contributed by atoms with E-state index in [0.717, 1.165) is 25.9 Å². The number of aromatic nitrogens is 2. The van der Waals surface area contributed by atoms with Crippen LogP contribution in [-0.2, 0) is 10.0 Å². The van der Waals surface area contributed by atoms with Gasteiger partial charge in [0.05, 0.1) is 21.6 Å². The van der Waals surface area contributed by atoms with Crippen LogP contribution in [0.5, 0.6) is 0 Å². The third kappa shape index (κ3) is 3.84. The maximum atomic E-state index is 13.6. The van der Waals surface area contributed by atoms with Crippen molar-refractivity contribution in [3.63, 3.8) is 0 Å². The zero-order valence-corrected chi connectivity index (χ0v) is 20.8. The molecule has 0 amide bonds. The quantitative estimate of drug-likeness (QED) is 0.370. The van der Waals surface area contributed by atoms with Gasteiger partial charge in [-0.3, -0.25) is 9.36 Å². The molecule has 0 N–H and O–H groups in total. The van der Waals surface area contributed by atoms with Gasteiger partial charge in [0.25, 0.3) is 15.6 Å². The molecule has 0 aliphatic carbocycles. The highest BCUT2D eigenvalue weighted by Gasteiger charge is 2.32. The summed E-state index contributed by atoms with van der Waals surface area (Å²) in [4.78, 5) is 20.9. The van der Waals surface area contributed by atoms with E-state index < -0.39 is 10.0 Å². The fourth-order valence-electron chi connectivity index (χ4n) is 4.42. The second-order valence-corrected chi connectivity index (χ2v) is 11.3. The molecule has 2 aliphatic heterocycles. The Hall–Kier alpha value is -3.14. The van der Waals surface area contributed by atoms with Crippen LogP contribution in [-0.4, -0.2) is 41.1 Å². The lowest BCUT2D eigenvalue weighted by Crippen LogP contribution is -2.28. The summed E-state index contributed by atoms with van der Waals surface area (Å²) in [7, 11) is -3.95. The maximum absolute atomic E-state index is 13.6. The maximum Gasteiger partial charge on any atom is 0.285 e. The van der Waals surface area contributed by atoms with Crippen LogP contribution in [0.25, 0.3) is 28.0 Å². The molecular formula is C25H19ClN4O3S2. The number of nitrogens with zero attached hydrogens (tertiary/aromatic N) is 4. The number of halogens is 1. The molecule has 4 aromatic rings. The highest BCUT2D eigenvalue weighted by molar-refractivity contribution is 8.15. The molecule has 0 unspecified atom stereocenters. The van der Waals surface area contributed by atoms with Gasteiger partial charge in [-0.1, -0.05) is 41.9 Å². The van der Waals surface area contributed by atoms with E-state index in [2.05, 4.69) is 4.40 Å². The first-order valence-electron chi connectivity index (χ1n) is 11.1. The fourth-order valence-corrected chi connectivity index (χ4v) is 7.46. The molecule has 7 nitrogen and oxygen atoms in total. The fraction of sp³-hybridized carbons (Fsp3) is 0.160. The van der Waals surface area contributed by atoms with Gasteiger partial charge < -0.3 is 4.90 Å². The van der Waals surface area contributed by atoms with E-state index in [1.165, 1.54) is 22.4 Å². The van der Waals surface area contributed by atoms with E-state index in [1.54, 1.807) is 42.5 Å². The van der Waals surface area contributed by atoms with Gasteiger partial charge in [-0.25, -0.2) is 4.98 Å². The lowest BCUT2D eigenvalue weighted by atomic mass is 10.1. The minimum absolute atomic E-state index is 0.0619. The van der Waals surface area contributed by atoms with Crippen molar-refractivity contribution >= 4 is 49.5 Å². The van der Waals surface area contributed by atoms with E-state index in [-0.39, 0.29) is 16.3 Å². The van der Waals surface area contributed by atoms with Crippen molar-refractivity contribution in [2.45, 2.75) is 22.6 Å². The summed E-state index contributed by atoms with van der Waals surface area (Å²) >= 11 is 8.05. The molecule has 0 bridgehead atoms. The molecule has 35 heavy (non-hydrogen) atoms. The summed E-state index contributed by atoms with van der Waals surface area (Å²) in [6.07, 6.45) is 2.02. The van der Waals surface area contributed by atoms with Crippen LogP contribution < -0.4 is 5.56 Å². The first kappa shape index (κ1) is 22.3. The molecule has 0 saturated carbocycles. The van der Waals surface area contributed by atoms with E-state index in [4.69, 9.17) is 16.6 Å². The second-order valence-electron chi connectivity index (χ2n) is 8.35.